The summed E-state index contributed by atoms with van der Waals surface area (Å²) in [6.07, 6.45) is 0.663. The molecule has 0 aliphatic carbocycles. The second-order valence-electron chi connectivity index (χ2n) is 3.37. The SMILES string of the molecule is CCOC(=O)OC1=CC(c2ccccc2)ON1. The van der Waals surface area contributed by atoms with Crippen LogP contribution in [0.1, 0.15) is 18.6 Å². The third kappa shape index (κ3) is 2.98. The number of carbonyl (C=O) groups excluding carboxylic acids is 1. The molecule has 0 spiro atoms. The minimum Gasteiger partial charge on any atom is -0.434 e. The maximum atomic E-state index is 11.1. The normalized spacial score (nSPS) is 18.2. The Morgan fingerprint density at radius 2 is 2.18 bits per heavy atom. The molecule has 0 radical (unpaired) electrons. The summed E-state index contributed by atoms with van der Waals surface area (Å²) in [6.45, 7) is 1.98. The number of nitrogens with one attached hydrogen (secondary N) is 1. The molecule has 0 saturated carbocycles. The van der Waals surface area contributed by atoms with E-state index in [1.54, 1.807) is 13.0 Å². The first-order chi connectivity index (χ1) is 8.29. The zero-order chi connectivity index (χ0) is 12.1. The van der Waals surface area contributed by atoms with Gasteiger partial charge >= 0.3 is 6.16 Å². The molecule has 0 bridgehead atoms. The van der Waals surface area contributed by atoms with Crippen LogP contribution in [0.5, 0.6) is 0 Å². The molecular weight excluding hydrogens is 222 g/mol. The second kappa shape index (κ2) is 5.36. The van der Waals surface area contributed by atoms with Gasteiger partial charge in [-0.05, 0) is 12.5 Å². The zero-order valence-electron chi connectivity index (χ0n) is 9.38. The van der Waals surface area contributed by atoms with E-state index >= 15 is 0 Å². The molecule has 1 atom stereocenters. The Morgan fingerprint density at radius 3 is 2.88 bits per heavy atom. The highest BCUT2D eigenvalue weighted by molar-refractivity contribution is 5.61. The Balaban J connectivity index is 1.97. The van der Waals surface area contributed by atoms with Gasteiger partial charge in [-0.1, -0.05) is 30.3 Å². The van der Waals surface area contributed by atoms with E-state index in [0.717, 1.165) is 5.56 Å². The van der Waals surface area contributed by atoms with E-state index in [2.05, 4.69) is 10.2 Å². The summed E-state index contributed by atoms with van der Waals surface area (Å²) in [4.78, 5) is 16.3. The summed E-state index contributed by atoms with van der Waals surface area (Å²) in [7, 11) is 0. The van der Waals surface area contributed by atoms with Crippen molar-refractivity contribution in [2.24, 2.45) is 0 Å². The van der Waals surface area contributed by atoms with Gasteiger partial charge in [0.1, 0.15) is 6.10 Å². The lowest BCUT2D eigenvalue weighted by atomic mass is 10.1. The number of benzene rings is 1. The highest BCUT2D eigenvalue weighted by Crippen LogP contribution is 2.23. The van der Waals surface area contributed by atoms with Crippen LogP contribution in [0.25, 0.3) is 0 Å². The Bertz CT molecular complexity index is 416. The van der Waals surface area contributed by atoms with Crippen LogP contribution < -0.4 is 5.48 Å². The van der Waals surface area contributed by atoms with Crippen molar-refractivity contribution >= 4 is 6.16 Å². The van der Waals surface area contributed by atoms with Crippen LogP contribution in [0.2, 0.25) is 0 Å². The lowest BCUT2D eigenvalue weighted by Crippen LogP contribution is -2.14. The topological polar surface area (TPSA) is 56.8 Å². The zero-order valence-corrected chi connectivity index (χ0v) is 9.38. The van der Waals surface area contributed by atoms with Crippen LogP contribution in [0.3, 0.4) is 0 Å². The number of hydroxylamine groups is 1. The molecule has 0 fully saturated rings. The van der Waals surface area contributed by atoms with Gasteiger partial charge in [-0.25, -0.2) is 10.3 Å². The van der Waals surface area contributed by atoms with E-state index in [0.29, 0.717) is 0 Å². The molecule has 5 heteroatoms. The maximum absolute atomic E-state index is 11.1. The minimum absolute atomic E-state index is 0.248. The van der Waals surface area contributed by atoms with E-state index in [4.69, 9.17) is 9.57 Å². The second-order valence-corrected chi connectivity index (χ2v) is 3.37. The fraction of sp³-hybridized carbons (Fsp3) is 0.250. The number of hydrogen-bond acceptors (Lipinski definition) is 5. The lowest BCUT2D eigenvalue weighted by molar-refractivity contribution is 0.00966. The Hall–Kier alpha value is -2.01. The van der Waals surface area contributed by atoms with Gasteiger partial charge in [0.05, 0.1) is 6.61 Å². The standard InChI is InChI=1S/C12H13NO4/c1-2-15-12(14)16-11-8-10(17-13-11)9-6-4-3-5-7-9/h3-8,10,13H,2H2,1H3. The molecule has 1 aliphatic rings. The van der Waals surface area contributed by atoms with Crippen LogP contribution in [0.4, 0.5) is 4.79 Å². The molecule has 0 aromatic heterocycles. The van der Waals surface area contributed by atoms with E-state index < -0.39 is 6.16 Å². The molecular formula is C12H13NO4. The summed E-state index contributed by atoms with van der Waals surface area (Å²) in [5, 5.41) is 0. The van der Waals surface area contributed by atoms with Crippen molar-refractivity contribution in [3.05, 3.63) is 47.9 Å². The van der Waals surface area contributed by atoms with Crippen molar-refractivity contribution in [1.82, 2.24) is 5.48 Å². The van der Waals surface area contributed by atoms with Crippen molar-refractivity contribution in [3.63, 3.8) is 0 Å². The van der Waals surface area contributed by atoms with Crippen LogP contribution in [0, 0.1) is 0 Å². The summed E-state index contributed by atoms with van der Waals surface area (Å²) in [5.74, 6) is 0.248. The van der Waals surface area contributed by atoms with E-state index in [9.17, 15) is 4.79 Å². The van der Waals surface area contributed by atoms with Crippen molar-refractivity contribution in [2.75, 3.05) is 6.61 Å². The van der Waals surface area contributed by atoms with Gasteiger partial charge in [0.25, 0.3) is 0 Å². The molecule has 5 nitrogen and oxygen atoms in total. The summed E-state index contributed by atoms with van der Waals surface area (Å²) in [5.41, 5.74) is 3.51. The molecule has 2 rings (SSSR count). The monoisotopic (exact) mass is 235 g/mol. The summed E-state index contributed by atoms with van der Waals surface area (Å²) in [6, 6.07) is 9.60. The molecule has 0 amide bonds. The van der Waals surface area contributed by atoms with Crippen molar-refractivity contribution in [3.8, 4) is 0 Å². The maximum Gasteiger partial charge on any atom is 0.515 e. The first-order valence-corrected chi connectivity index (χ1v) is 5.32. The van der Waals surface area contributed by atoms with E-state index in [1.165, 1.54) is 0 Å². The predicted octanol–water partition coefficient (Wildman–Crippen LogP) is 2.28. The van der Waals surface area contributed by atoms with Crippen molar-refractivity contribution in [2.45, 2.75) is 13.0 Å². The van der Waals surface area contributed by atoms with Crippen LogP contribution in [-0.2, 0) is 14.3 Å². The fourth-order valence-corrected chi connectivity index (χ4v) is 1.43. The van der Waals surface area contributed by atoms with Gasteiger partial charge in [-0.2, -0.15) is 0 Å². The van der Waals surface area contributed by atoms with Crippen LogP contribution >= 0.6 is 0 Å². The van der Waals surface area contributed by atoms with Crippen LogP contribution in [-0.4, -0.2) is 12.8 Å². The number of rotatable bonds is 3. The minimum atomic E-state index is -0.747. The molecule has 1 heterocycles. The predicted molar refractivity (Wildman–Crippen MR) is 59.6 cm³/mol. The largest absolute Gasteiger partial charge is 0.515 e. The van der Waals surface area contributed by atoms with E-state index in [1.807, 2.05) is 30.3 Å². The van der Waals surface area contributed by atoms with Gasteiger partial charge in [0.2, 0.25) is 5.88 Å². The molecule has 1 N–H and O–H groups in total. The van der Waals surface area contributed by atoms with E-state index in [-0.39, 0.29) is 18.6 Å². The number of ether oxygens (including phenoxy) is 2. The Morgan fingerprint density at radius 1 is 1.41 bits per heavy atom. The highest BCUT2D eigenvalue weighted by atomic mass is 16.8. The molecule has 17 heavy (non-hydrogen) atoms. The summed E-state index contributed by atoms with van der Waals surface area (Å²) < 4.78 is 9.51. The van der Waals surface area contributed by atoms with Crippen molar-refractivity contribution < 1.29 is 19.1 Å². The average molecular weight is 235 g/mol. The average Bonchev–Trinajstić information content (AvgIpc) is 2.79. The molecule has 1 unspecified atom stereocenters. The van der Waals surface area contributed by atoms with Gasteiger partial charge in [0.15, 0.2) is 0 Å². The molecule has 90 valence electrons. The van der Waals surface area contributed by atoms with Gasteiger partial charge in [-0.3, -0.25) is 4.84 Å². The molecule has 1 aliphatic heterocycles. The van der Waals surface area contributed by atoms with Gasteiger partial charge in [-0.15, -0.1) is 0 Å². The Labute approximate surface area is 98.9 Å². The third-order valence-electron chi connectivity index (χ3n) is 2.17. The summed E-state index contributed by atoms with van der Waals surface area (Å²) >= 11 is 0. The van der Waals surface area contributed by atoms with Crippen molar-refractivity contribution in [1.29, 1.82) is 0 Å². The molecule has 0 saturated heterocycles. The first kappa shape index (κ1) is 11.5. The van der Waals surface area contributed by atoms with Gasteiger partial charge in [0, 0.05) is 6.08 Å². The fourth-order valence-electron chi connectivity index (χ4n) is 1.43. The lowest BCUT2D eigenvalue weighted by Gasteiger charge is -2.06. The molecule has 1 aromatic rings. The third-order valence-corrected chi connectivity index (χ3v) is 2.17. The van der Waals surface area contributed by atoms with Crippen LogP contribution in [0.15, 0.2) is 42.3 Å². The van der Waals surface area contributed by atoms with Gasteiger partial charge < -0.3 is 9.47 Å². The Kier molecular flexibility index (Phi) is 3.62. The number of hydrogen-bond donors (Lipinski definition) is 1. The number of carbonyl (C=O) groups is 1. The smallest absolute Gasteiger partial charge is 0.434 e. The molecule has 1 aromatic carbocycles. The first-order valence-electron chi connectivity index (χ1n) is 5.32. The highest BCUT2D eigenvalue weighted by Gasteiger charge is 2.21. The quantitative estimate of drug-likeness (QED) is 0.814.